The van der Waals surface area contributed by atoms with Crippen LogP contribution in [0.25, 0.3) is 0 Å². The first-order valence-corrected chi connectivity index (χ1v) is 10.3. The fourth-order valence-electron chi connectivity index (χ4n) is 2.72. The molecule has 2 aromatic carbocycles. The second-order valence-electron chi connectivity index (χ2n) is 6.42. The quantitative estimate of drug-likeness (QED) is 0.627. The number of hydrogen-bond donors (Lipinski definition) is 1. The van der Waals surface area contributed by atoms with Gasteiger partial charge in [0.2, 0.25) is 0 Å². The average molecular weight is 382 g/mol. The molecule has 27 heavy (non-hydrogen) atoms. The molecular weight excluding hydrogens is 359 g/mol. The smallest absolute Gasteiger partial charge is 0.264 e. The van der Waals surface area contributed by atoms with Gasteiger partial charge in [0.25, 0.3) is 7.37 Å². The van der Waals surface area contributed by atoms with Crippen LogP contribution in [-0.2, 0) is 15.7 Å². The standard InChI is InChI=1S/C21H23N2O3P/c1-23(2)19-8-10-20(11-9-19)27(25,21(24)18-12-14-22-15-13-18)26-16-17-6-4-3-5-7-17/h3-15,21,24H,16H2,1-2H3. The van der Waals surface area contributed by atoms with Crippen molar-refractivity contribution in [2.45, 2.75) is 12.5 Å². The summed E-state index contributed by atoms with van der Waals surface area (Å²) in [4.78, 5) is 5.92. The number of benzene rings is 2. The third-order valence-corrected chi connectivity index (χ3v) is 6.79. The van der Waals surface area contributed by atoms with Crippen molar-refractivity contribution in [1.82, 2.24) is 4.98 Å². The van der Waals surface area contributed by atoms with E-state index in [1.165, 1.54) is 0 Å². The fourth-order valence-corrected chi connectivity index (χ4v) is 4.76. The van der Waals surface area contributed by atoms with Crippen LogP contribution in [-0.4, -0.2) is 24.2 Å². The second kappa shape index (κ2) is 8.49. The SMILES string of the molecule is CN(C)c1ccc(P(=O)(OCc2ccccc2)C(O)c2ccncc2)cc1. The van der Waals surface area contributed by atoms with E-state index in [4.69, 9.17) is 4.52 Å². The van der Waals surface area contributed by atoms with Gasteiger partial charge in [0.1, 0.15) is 0 Å². The Morgan fingerprint density at radius 1 is 1.00 bits per heavy atom. The van der Waals surface area contributed by atoms with Gasteiger partial charge in [-0.05, 0) is 47.5 Å². The molecule has 3 rings (SSSR count). The van der Waals surface area contributed by atoms with Crippen molar-refractivity contribution in [3.63, 3.8) is 0 Å². The first-order chi connectivity index (χ1) is 13.0. The van der Waals surface area contributed by atoms with Gasteiger partial charge in [-0.2, -0.15) is 0 Å². The summed E-state index contributed by atoms with van der Waals surface area (Å²) in [5.41, 5.74) is 2.38. The second-order valence-corrected chi connectivity index (χ2v) is 8.88. The van der Waals surface area contributed by atoms with E-state index in [1.807, 2.05) is 61.5 Å². The summed E-state index contributed by atoms with van der Waals surface area (Å²) in [5.74, 6) is -1.27. The first kappa shape index (κ1) is 19.3. The third-order valence-electron chi connectivity index (χ3n) is 4.32. The molecule has 0 aliphatic rings. The van der Waals surface area contributed by atoms with Crippen LogP contribution < -0.4 is 10.2 Å². The lowest BCUT2D eigenvalue weighted by Crippen LogP contribution is -2.16. The Kier molecular flexibility index (Phi) is 6.07. The number of aliphatic hydroxyl groups is 1. The van der Waals surface area contributed by atoms with Gasteiger partial charge in [0, 0.05) is 37.5 Å². The van der Waals surface area contributed by atoms with Gasteiger partial charge in [0.05, 0.1) is 6.61 Å². The molecule has 1 aromatic heterocycles. The van der Waals surface area contributed by atoms with Crippen molar-refractivity contribution in [3.8, 4) is 0 Å². The van der Waals surface area contributed by atoms with E-state index in [0.717, 1.165) is 11.3 Å². The summed E-state index contributed by atoms with van der Waals surface area (Å²) in [7, 11) is 0.283. The molecule has 2 atom stereocenters. The van der Waals surface area contributed by atoms with Gasteiger partial charge >= 0.3 is 0 Å². The first-order valence-electron chi connectivity index (χ1n) is 8.65. The Morgan fingerprint density at radius 3 is 2.22 bits per heavy atom. The van der Waals surface area contributed by atoms with Crippen LogP contribution in [0, 0.1) is 0 Å². The summed E-state index contributed by atoms with van der Waals surface area (Å²) in [6.45, 7) is 0.149. The highest BCUT2D eigenvalue weighted by molar-refractivity contribution is 7.67. The van der Waals surface area contributed by atoms with Crippen LogP contribution in [0.5, 0.6) is 0 Å². The van der Waals surface area contributed by atoms with E-state index in [1.54, 1.807) is 36.7 Å². The van der Waals surface area contributed by atoms with Crippen LogP contribution in [0.3, 0.4) is 0 Å². The lowest BCUT2D eigenvalue weighted by atomic mass is 10.2. The Bertz CT molecular complexity index is 900. The van der Waals surface area contributed by atoms with Gasteiger partial charge in [-0.1, -0.05) is 30.3 Å². The molecule has 1 heterocycles. The molecule has 6 heteroatoms. The van der Waals surface area contributed by atoms with Crippen molar-refractivity contribution in [1.29, 1.82) is 0 Å². The fraction of sp³-hybridized carbons (Fsp3) is 0.190. The maximum Gasteiger partial charge on any atom is 0.264 e. The van der Waals surface area contributed by atoms with Crippen molar-refractivity contribution in [3.05, 3.63) is 90.3 Å². The van der Waals surface area contributed by atoms with Crippen LogP contribution in [0.4, 0.5) is 5.69 Å². The average Bonchev–Trinajstić information content (AvgIpc) is 2.73. The van der Waals surface area contributed by atoms with E-state index < -0.39 is 13.2 Å². The van der Waals surface area contributed by atoms with E-state index >= 15 is 0 Å². The minimum absolute atomic E-state index is 0.149. The highest BCUT2D eigenvalue weighted by atomic mass is 31.2. The normalized spacial score (nSPS) is 14.3. The van der Waals surface area contributed by atoms with E-state index in [9.17, 15) is 9.67 Å². The summed E-state index contributed by atoms with van der Waals surface area (Å²) in [5, 5.41) is 11.4. The topological polar surface area (TPSA) is 62.7 Å². The Labute approximate surface area is 159 Å². The van der Waals surface area contributed by atoms with Gasteiger partial charge < -0.3 is 14.5 Å². The molecular formula is C21H23N2O3P. The van der Waals surface area contributed by atoms with Gasteiger partial charge in [-0.15, -0.1) is 0 Å². The number of rotatable bonds is 7. The Balaban J connectivity index is 1.96. The summed E-state index contributed by atoms with van der Waals surface area (Å²) in [6, 6.07) is 20.1. The molecule has 0 aliphatic heterocycles. The highest BCUT2D eigenvalue weighted by Crippen LogP contribution is 2.58. The zero-order valence-electron chi connectivity index (χ0n) is 15.4. The number of aromatic nitrogens is 1. The number of anilines is 1. The predicted octanol–water partition coefficient (Wildman–Crippen LogP) is 3.96. The van der Waals surface area contributed by atoms with Crippen molar-refractivity contribution >= 4 is 18.4 Å². The van der Waals surface area contributed by atoms with Gasteiger partial charge in [-0.25, -0.2) is 0 Å². The highest BCUT2D eigenvalue weighted by Gasteiger charge is 2.36. The minimum atomic E-state index is -3.59. The molecule has 140 valence electrons. The summed E-state index contributed by atoms with van der Waals surface area (Å²) in [6.07, 6.45) is 3.13. The molecule has 3 aromatic rings. The molecule has 0 aliphatic carbocycles. The zero-order chi connectivity index (χ0) is 19.3. The monoisotopic (exact) mass is 382 g/mol. The third kappa shape index (κ3) is 4.45. The van der Waals surface area contributed by atoms with Gasteiger partial charge in [-0.3, -0.25) is 9.55 Å². The van der Waals surface area contributed by atoms with Crippen LogP contribution in [0.1, 0.15) is 17.0 Å². The maximum absolute atomic E-state index is 13.9. The lowest BCUT2D eigenvalue weighted by Gasteiger charge is -2.25. The van der Waals surface area contributed by atoms with E-state index in [0.29, 0.717) is 10.9 Å². The van der Waals surface area contributed by atoms with Crippen molar-refractivity contribution in [2.24, 2.45) is 0 Å². The van der Waals surface area contributed by atoms with Crippen LogP contribution >= 0.6 is 7.37 Å². The Morgan fingerprint density at radius 2 is 1.63 bits per heavy atom. The molecule has 0 bridgehead atoms. The molecule has 0 spiro atoms. The lowest BCUT2D eigenvalue weighted by molar-refractivity contribution is 0.210. The van der Waals surface area contributed by atoms with Crippen molar-refractivity contribution < 1.29 is 14.2 Å². The number of hydrogen-bond acceptors (Lipinski definition) is 5. The Hall–Kier alpha value is -2.46. The number of nitrogens with zero attached hydrogens (tertiary/aromatic N) is 2. The largest absolute Gasteiger partial charge is 0.378 e. The molecule has 0 fully saturated rings. The molecule has 0 saturated heterocycles. The predicted molar refractivity (Wildman–Crippen MR) is 108 cm³/mol. The molecule has 5 nitrogen and oxygen atoms in total. The molecule has 0 saturated carbocycles. The van der Waals surface area contributed by atoms with Crippen LogP contribution in [0.2, 0.25) is 0 Å². The maximum atomic E-state index is 13.9. The molecule has 2 unspecified atom stereocenters. The van der Waals surface area contributed by atoms with E-state index in [-0.39, 0.29) is 6.61 Å². The van der Waals surface area contributed by atoms with Gasteiger partial charge in [0.15, 0.2) is 5.85 Å². The minimum Gasteiger partial charge on any atom is -0.378 e. The molecule has 1 N–H and O–H groups in total. The molecule has 0 amide bonds. The summed E-state index contributed by atoms with van der Waals surface area (Å²) < 4.78 is 19.8. The number of aliphatic hydroxyl groups excluding tert-OH is 1. The summed E-state index contributed by atoms with van der Waals surface area (Å²) >= 11 is 0. The molecule has 0 radical (unpaired) electrons. The number of pyridine rings is 1. The van der Waals surface area contributed by atoms with Crippen molar-refractivity contribution in [2.75, 3.05) is 19.0 Å². The zero-order valence-corrected chi connectivity index (χ0v) is 16.3. The van der Waals surface area contributed by atoms with Crippen LogP contribution in [0.15, 0.2) is 79.1 Å². The van der Waals surface area contributed by atoms with E-state index in [2.05, 4.69) is 4.98 Å².